The van der Waals surface area contributed by atoms with Gasteiger partial charge in [0.15, 0.2) is 11.5 Å². The number of aliphatic hydroxyl groups is 1. The van der Waals surface area contributed by atoms with Gasteiger partial charge in [0.25, 0.3) is 0 Å². The smallest absolute Gasteiger partial charge is 0.180 e. The zero-order valence-corrected chi connectivity index (χ0v) is 18.0. The van der Waals surface area contributed by atoms with Crippen LogP contribution in [0.3, 0.4) is 0 Å². The molecule has 1 aromatic carbocycles. The first kappa shape index (κ1) is 20.8. The number of likely N-dealkylation sites (N-methyl/N-ethyl adjacent to an activating group) is 1. The lowest BCUT2D eigenvalue weighted by atomic mass is 10.1. The summed E-state index contributed by atoms with van der Waals surface area (Å²) >= 11 is 0. The third-order valence-corrected chi connectivity index (χ3v) is 6.17. The SMILES string of the molecule is CCN(CC)CCN1CCN(c2ncc(-c3ccccc3CO)n3ccnc23)CC1. The lowest BCUT2D eigenvalue weighted by Gasteiger charge is -2.36. The second kappa shape index (κ2) is 9.55. The van der Waals surface area contributed by atoms with Gasteiger partial charge < -0.3 is 14.9 Å². The summed E-state index contributed by atoms with van der Waals surface area (Å²) in [6, 6.07) is 7.91. The van der Waals surface area contributed by atoms with Crippen molar-refractivity contribution in [3.8, 4) is 11.3 Å². The molecule has 1 aliphatic heterocycles. The molecule has 7 heteroatoms. The van der Waals surface area contributed by atoms with Gasteiger partial charge in [-0.05, 0) is 18.7 Å². The molecule has 0 aliphatic carbocycles. The molecule has 0 bridgehead atoms. The lowest BCUT2D eigenvalue weighted by Crippen LogP contribution is -2.48. The van der Waals surface area contributed by atoms with Crippen LogP contribution in [0, 0.1) is 0 Å². The Morgan fingerprint density at radius 3 is 2.53 bits per heavy atom. The van der Waals surface area contributed by atoms with Crippen molar-refractivity contribution in [2.75, 3.05) is 57.3 Å². The molecule has 0 unspecified atom stereocenters. The fraction of sp³-hybridized carbons (Fsp3) is 0.478. The van der Waals surface area contributed by atoms with Crippen molar-refractivity contribution in [1.29, 1.82) is 0 Å². The molecule has 2 aromatic heterocycles. The van der Waals surface area contributed by atoms with Crippen molar-refractivity contribution in [3.05, 3.63) is 48.4 Å². The minimum Gasteiger partial charge on any atom is -0.392 e. The first-order chi connectivity index (χ1) is 14.7. The molecule has 0 atom stereocenters. The van der Waals surface area contributed by atoms with E-state index in [0.29, 0.717) is 0 Å². The summed E-state index contributed by atoms with van der Waals surface area (Å²) in [5, 5.41) is 9.73. The Labute approximate surface area is 178 Å². The summed E-state index contributed by atoms with van der Waals surface area (Å²) in [4.78, 5) is 16.8. The average molecular weight is 409 g/mol. The van der Waals surface area contributed by atoms with E-state index in [0.717, 1.165) is 80.6 Å². The van der Waals surface area contributed by atoms with Gasteiger partial charge in [-0.2, -0.15) is 0 Å². The number of imidazole rings is 1. The van der Waals surface area contributed by atoms with E-state index in [4.69, 9.17) is 4.98 Å². The van der Waals surface area contributed by atoms with E-state index in [-0.39, 0.29) is 6.61 Å². The van der Waals surface area contributed by atoms with E-state index >= 15 is 0 Å². The molecule has 7 nitrogen and oxygen atoms in total. The number of rotatable bonds is 8. The van der Waals surface area contributed by atoms with Gasteiger partial charge in [0, 0.05) is 57.2 Å². The summed E-state index contributed by atoms with van der Waals surface area (Å²) in [5.74, 6) is 0.939. The van der Waals surface area contributed by atoms with Crippen LogP contribution in [0.2, 0.25) is 0 Å². The van der Waals surface area contributed by atoms with Crippen molar-refractivity contribution < 1.29 is 5.11 Å². The molecule has 1 saturated heterocycles. The average Bonchev–Trinajstić information content (AvgIpc) is 3.30. The van der Waals surface area contributed by atoms with Gasteiger partial charge in [-0.25, -0.2) is 9.97 Å². The predicted octanol–water partition coefficient (Wildman–Crippen LogP) is 2.35. The number of fused-ring (bicyclic) bond motifs is 1. The number of hydrogen-bond donors (Lipinski definition) is 1. The fourth-order valence-electron chi connectivity index (χ4n) is 4.24. The van der Waals surface area contributed by atoms with Crippen LogP contribution in [0.15, 0.2) is 42.9 Å². The quantitative estimate of drug-likeness (QED) is 0.617. The van der Waals surface area contributed by atoms with Gasteiger partial charge in [0.05, 0.1) is 18.5 Å². The Hall–Kier alpha value is -2.48. The monoisotopic (exact) mass is 408 g/mol. The van der Waals surface area contributed by atoms with Crippen LogP contribution in [-0.2, 0) is 6.61 Å². The molecule has 30 heavy (non-hydrogen) atoms. The Bertz CT molecular complexity index is 959. The largest absolute Gasteiger partial charge is 0.392 e. The molecule has 0 saturated carbocycles. The third-order valence-electron chi connectivity index (χ3n) is 6.17. The van der Waals surface area contributed by atoms with Crippen LogP contribution in [0.25, 0.3) is 16.9 Å². The summed E-state index contributed by atoms with van der Waals surface area (Å²) in [7, 11) is 0. The Morgan fingerprint density at radius 1 is 1.03 bits per heavy atom. The van der Waals surface area contributed by atoms with Gasteiger partial charge in [-0.3, -0.25) is 9.30 Å². The molecule has 1 aliphatic rings. The maximum atomic E-state index is 9.73. The van der Waals surface area contributed by atoms with E-state index in [2.05, 4.69) is 37.9 Å². The standard InChI is InChI=1S/C23H32N6O/c1-3-26(4-2)11-12-27-13-15-28(16-14-27)22-23-24-9-10-29(23)21(17-25-22)20-8-6-5-7-19(20)18-30/h5-10,17,30H,3-4,11-16,18H2,1-2H3. The fourth-order valence-corrected chi connectivity index (χ4v) is 4.24. The maximum absolute atomic E-state index is 9.73. The van der Waals surface area contributed by atoms with E-state index in [1.165, 1.54) is 0 Å². The van der Waals surface area contributed by atoms with Crippen LogP contribution in [0.5, 0.6) is 0 Å². The topological polar surface area (TPSA) is 60.1 Å². The van der Waals surface area contributed by atoms with Crippen LogP contribution in [0.1, 0.15) is 19.4 Å². The summed E-state index contributed by atoms with van der Waals surface area (Å²) < 4.78 is 2.09. The van der Waals surface area contributed by atoms with Gasteiger partial charge in [-0.1, -0.05) is 38.1 Å². The first-order valence-corrected chi connectivity index (χ1v) is 11.0. The van der Waals surface area contributed by atoms with Crippen LogP contribution in [-0.4, -0.2) is 81.6 Å². The van der Waals surface area contributed by atoms with Gasteiger partial charge in [-0.15, -0.1) is 0 Å². The normalized spacial score (nSPS) is 15.4. The molecule has 0 radical (unpaired) electrons. The molecule has 1 fully saturated rings. The van der Waals surface area contributed by atoms with E-state index in [9.17, 15) is 5.11 Å². The van der Waals surface area contributed by atoms with Crippen molar-refractivity contribution in [2.45, 2.75) is 20.5 Å². The Morgan fingerprint density at radius 2 is 1.80 bits per heavy atom. The van der Waals surface area contributed by atoms with Crippen LogP contribution in [0.4, 0.5) is 5.82 Å². The van der Waals surface area contributed by atoms with Gasteiger partial charge >= 0.3 is 0 Å². The van der Waals surface area contributed by atoms with Crippen molar-refractivity contribution >= 4 is 11.5 Å². The molecular weight excluding hydrogens is 376 g/mol. The highest BCUT2D eigenvalue weighted by Crippen LogP contribution is 2.28. The number of nitrogens with zero attached hydrogens (tertiary/aromatic N) is 6. The Balaban J connectivity index is 1.51. The van der Waals surface area contributed by atoms with Crippen molar-refractivity contribution in [3.63, 3.8) is 0 Å². The number of aliphatic hydroxyl groups excluding tert-OH is 1. The molecule has 3 heterocycles. The summed E-state index contributed by atoms with van der Waals surface area (Å²) in [5.41, 5.74) is 3.71. The third kappa shape index (κ3) is 4.19. The number of hydrogen-bond acceptors (Lipinski definition) is 6. The number of benzene rings is 1. The van der Waals surface area contributed by atoms with E-state index < -0.39 is 0 Å². The molecular formula is C23H32N6O. The maximum Gasteiger partial charge on any atom is 0.180 e. The highest BCUT2D eigenvalue weighted by molar-refractivity contribution is 5.72. The van der Waals surface area contributed by atoms with E-state index in [1.54, 1.807) is 0 Å². The predicted molar refractivity (Wildman–Crippen MR) is 121 cm³/mol. The molecule has 0 spiro atoms. The molecule has 160 valence electrons. The van der Waals surface area contributed by atoms with E-state index in [1.807, 2.05) is 42.9 Å². The molecule has 1 N–H and O–H groups in total. The zero-order valence-electron chi connectivity index (χ0n) is 18.0. The molecule has 4 rings (SSSR count). The van der Waals surface area contributed by atoms with Crippen molar-refractivity contribution in [1.82, 2.24) is 24.2 Å². The molecule has 0 amide bonds. The van der Waals surface area contributed by atoms with Gasteiger partial charge in [0.1, 0.15) is 0 Å². The number of anilines is 1. The Kier molecular flexibility index (Phi) is 6.62. The number of aromatic nitrogens is 3. The zero-order chi connectivity index (χ0) is 20.9. The summed E-state index contributed by atoms with van der Waals surface area (Å²) in [6.07, 6.45) is 5.71. The first-order valence-electron chi connectivity index (χ1n) is 11.0. The van der Waals surface area contributed by atoms with Crippen LogP contribution >= 0.6 is 0 Å². The minimum atomic E-state index is 0.00354. The highest BCUT2D eigenvalue weighted by atomic mass is 16.3. The number of piperazine rings is 1. The second-order valence-electron chi connectivity index (χ2n) is 7.76. The minimum absolute atomic E-state index is 0.00354. The summed E-state index contributed by atoms with van der Waals surface area (Å²) in [6.45, 7) is 13.0. The van der Waals surface area contributed by atoms with Crippen molar-refractivity contribution in [2.24, 2.45) is 0 Å². The van der Waals surface area contributed by atoms with Crippen LogP contribution < -0.4 is 4.90 Å². The second-order valence-corrected chi connectivity index (χ2v) is 7.76. The van der Waals surface area contributed by atoms with Gasteiger partial charge in [0.2, 0.25) is 0 Å². The molecule has 3 aromatic rings. The lowest BCUT2D eigenvalue weighted by molar-refractivity contribution is 0.206. The highest BCUT2D eigenvalue weighted by Gasteiger charge is 2.22.